The van der Waals surface area contributed by atoms with E-state index in [1.54, 1.807) is 67.2 Å². The SMILES string of the molecule is CC(C)c1csc(C(=O)c2c[nH]c3ccccc23)n1.COC(=O)CNC(=O)c1csc(C(=O)c2c[nH]c3ccccc23)n1.COC(=O)Cc1csc(C(=O)c2c[nH]c3ccccc23)n1.COC(=O)c1cnc(C(=O)c2c[nH]c3ccccc23)s1.COC(=O)c1csc(C(=O)c2c[nH]c3ccc(F)cc23)n1.COC(=O)c1csc(C(=O)c2c[nH]c3ccc(OC)cc23)n1.N#Cc1csc(C(=O)c2c[nH]c3ccccc23)n1. The van der Waals surface area contributed by atoms with Crippen molar-refractivity contribution in [1.82, 2.24) is 75.1 Å². The molecule has 0 saturated heterocycles. The zero-order chi connectivity index (χ0) is 103. The smallest absolute Gasteiger partial charge is 0.357 e. The monoisotopic (exact) mass is 2070 g/mol. The topological polar surface area (TPSA) is 514 Å². The number of nitrogens with zero attached hydrogens (tertiary/aromatic N) is 8. The van der Waals surface area contributed by atoms with Crippen molar-refractivity contribution >= 4 is 232 Å². The van der Waals surface area contributed by atoms with Crippen LogP contribution >= 0.6 is 79.4 Å². The Hall–Kier alpha value is -17.5. The molecule has 0 aliphatic heterocycles. The third kappa shape index (κ3) is 23.5. The molecule has 0 radical (unpaired) electrons. The Morgan fingerprint density at radius 3 is 1.10 bits per heavy atom. The number of rotatable bonds is 24. The number of amides is 1. The predicted molar refractivity (Wildman–Crippen MR) is 546 cm³/mol. The van der Waals surface area contributed by atoms with Crippen LogP contribution < -0.4 is 10.1 Å². The number of fused-ring (bicyclic) bond motifs is 7. The van der Waals surface area contributed by atoms with E-state index >= 15 is 0 Å². The van der Waals surface area contributed by atoms with Crippen molar-refractivity contribution in [2.24, 2.45) is 0 Å². The van der Waals surface area contributed by atoms with Gasteiger partial charge in [0.1, 0.15) is 34.8 Å². The molecule has 35 nitrogen and oxygen atoms in total. The van der Waals surface area contributed by atoms with Crippen molar-refractivity contribution in [3.8, 4) is 11.8 Å². The van der Waals surface area contributed by atoms with Crippen LogP contribution in [-0.2, 0) is 39.7 Å². The van der Waals surface area contributed by atoms with Crippen LogP contribution in [0.3, 0.4) is 0 Å². The summed E-state index contributed by atoms with van der Waals surface area (Å²) in [6, 6.07) is 49.5. The van der Waals surface area contributed by atoms with Gasteiger partial charge in [-0.05, 0) is 72.6 Å². The molecule has 1 amide bonds. The van der Waals surface area contributed by atoms with E-state index in [1.807, 2.05) is 145 Å². The first-order valence-electron chi connectivity index (χ1n) is 43.0. The van der Waals surface area contributed by atoms with Gasteiger partial charge >= 0.3 is 29.8 Å². The van der Waals surface area contributed by atoms with Crippen molar-refractivity contribution in [2.45, 2.75) is 26.2 Å². The first kappa shape index (κ1) is 102. The maximum absolute atomic E-state index is 13.3. The van der Waals surface area contributed by atoms with Crippen LogP contribution in [-0.4, -0.2) is 195 Å². The zero-order valence-electron chi connectivity index (χ0n) is 77.2. The number of carbonyl (C=O) groups is 13. The molecular weight excluding hydrogens is 2000 g/mol. The summed E-state index contributed by atoms with van der Waals surface area (Å²) >= 11 is 8.11. The molecule has 0 fully saturated rings. The van der Waals surface area contributed by atoms with E-state index in [9.17, 15) is 66.7 Å². The number of aromatic amines is 7. The maximum Gasteiger partial charge on any atom is 0.357 e. The molecule has 0 aliphatic rings. The number of nitriles is 1. The second kappa shape index (κ2) is 46.7. The van der Waals surface area contributed by atoms with Gasteiger partial charge in [-0.1, -0.05) is 105 Å². The molecule has 145 heavy (non-hydrogen) atoms. The minimum Gasteiger partial charge on any atom is -0.497 e. The number of thiazole rings is 7. The van der Waals surface area contributed by atoms with Crippen LogP contribution in [0.25, 0.3) is 76.3 Å². The van der Waals surface area contributed by atoms with E-state index in [1.165, 1.54) is 110 Å². The number of hydrogen-bond donors (Lipinski definition) is 8. The van der Waals surface area contributed by atoms with E-state index in [2.05, 4.69) is 113 Å². The number of carbonyl (C=O) groups excluding carboxylic acids is 13. The number of H-pyrrole nitrogens is 7. The molecule has 14 heterocycles. The van der Waals surface area contributed by atoms with Crippen LogP contribution in [0.1, 0.15) is 186 Å². The average Bonchev–Trinajstić information content (AvgIpc) is 1.64. The highest BCUT2D eigenvalue weighted by molar-refractivity contribution is 7.16. The molecule has 728 valence electrons. The Bertz CT molecular complexity index is 8530. The third-order valence-corrected chi connectivity index (χ3v) is 27.5. The molecule has 0 bridgehead atoms. The summed E-state index contributed by atoms with van der Waals surface area (Å²) in [7, 11) is 7.94. The molecule has 21 rings (SSSR count). The highest BCUT2D eigenvalue weighted by Gasteiger charge is 2.28. The van der Waals surface area contributed by atoms with Crippen LogP contribution in [0.2, 0.25) is 0 Å². The molecule has 0 aliphatic carbocycles. The van der Waals surface area contributed by atoms with Crippen molar-refractivity contribution in [3.63, 3.8) is 0 Å². The Balaban J connectivity index is 0.000000127. The fraction of sp³-hybridized carbons (Fsp3) is 0.108. The van der Waals surface area contributed by atoms with Gasteiger partial charge in [-0.25, -0.2) is 53.7 Å². The molecule has 0 saturated carbocycles. The first-order valence-corrected chi connectivity index (χ1v) is 49.1. The Labute approximate surface area is 846 Å². The van der Waals surface area contributed by atoms with Gasteiger partial charge < -0.3 is 68.6 Å². The van der Waals surface area contributed by atoms with Gasteiger partial charge in [0.15, 0.2) is 52.1 Å². The van der Waals surface area contributed by atoms with Gasteiger partial charge in [-0.15, -0.1) is 79.4 Å². The van der Waals surface area contributed by atoms with E-state index in [0.717, 1.165) is 116 Å². The van der Waals surface area contributed by atoms with E-state index in [0.29, 0.717) is 87.1 Å². The fourth-order valence-electron chi connectivity index (χ4n) is 14.1. The summed E-state index contributed by atoms with van der Waals surface area (Å²) in [5.41, 5.74) is 11.9. The number of methoxy groups -OCH3 is 6. The van der Waals surface area contributed by atoms with E-state index < -0.39 is 35.6 Å². The number of benzene rings is 7. The number of esters is 5. The van der Waals surface area contributed by atoms with Crippen molar-refractivity contribution < 1.29 is 95.1 Å². The zero-order valence-corrected chi connectivity index (χ0v) is 82.9. The molecular formula is C102H77FN16O19S7. The lowest BCUT2D eigenvalue weighted by molar-refractivity contribution is -0.140. The Kier molecular flexibility index (Phi) is 32.8. The largest absolute Gasteiger partial charge is 0.497 e. The molecule has 0 unspecified atom stereocenters. The number of aromatic nitrogens is 14. The molecule has 14 aromatic heterocycles. The van der Waals surface area contributed by atoms with Gasteiger partial charge in [-0.2, -0.15) is 5.26 Å². The predicted octanol–water partition coefficient (Wildman–Crippen LogP) is 19.1. The Morgan fingerprint density at radius 2 is 0.710 bits per heavy atom. The summed E-state index contributed by atoms with van der Waals surface area (Å²) in [6.45, 7) is 3.91. The Morgan fingerprint density at radius 1 is 0.366 bits per heavy atom. The highest BCUT2D eigenvalue weighted by Crippen LogP contribution is 2.33. The molecule has 21 aromatic rings. The summed E-state index contributed by atoms with van der Waals surface area (Å²) in [4.78, 5) is 206. The van der Waals surface area contributed by atoms with Crippen LogP contribution in [0.4, 0.5) is 4.39 Å². The van der Waals surface area contributed by atoms with E-state index in [4.69, 9.17) is 10.00 Å². The number of hydrogen-bond acceptors (Lipinski definition) is 34. The lowest BCUT2D eigenvalue weighted by Crippen LogP contribution is -2.30. The lowest BCUT2D eigenvalue weighted by atomic mass is 10.1. The van der Waals surface area contributed by atoms with Crippen LogP contribution in [0.15, 0.2) is 240 Å². The maximum atomic E-state index is 13.3. The number of halogens is 1. The number of ketones is 7. The molecule has 43 heteroatoms. The summed E-state index contributed by atoms with van der Waals surface area (Å²) in [5.74, 6) is -3.91. The second-order valence-corrected chi connectivity index (χ2v) is 36.9. The van der Waals surface area contributed by atoms with Gasteiger partial charge in [-0.3, -0.25) is 47.9 Å². The third-order valence-electron chi connectivity index (χ3n) is 21.4. The standard InChI is InChI=1S/C16H13N3O4S.C15H12N2O4S.C15H12N2O3S.C15H14N2OS.C14H9FN2O3S.C14H10N2O3S.C13H7N3OS/c1-23-13(20)7-18-15(22)12-8-24-16(19-12)14(21)10-6-17-11-5-3-2-4-9(10)11;1-20-8-3-4-11-9(5-8)10(6-16-11)13(18)14-17-12(7-22-14)15(19)21-2;1-20-13(18)6-9-8-21-15(17-9)14(19)11-7-16-12-5-3-2-4-10(11)12;1-9(2)13-8-19-15(17-13)14(18)11-7-16-12-6-4-3-5-10(11)12;1-20-14(19)11-6-21-13(17-11)12(18)9-5-16-10-3-2-7(15)4-8(9)10;1-19-14(18)11-7-16-13(20-11)12(17)9-6-15-10-5-3-2-4-8(9)10;14-5-8-7-18-13(16-8)12(17)10-6-15-11-4-2-1-3-9(10)11/h2-6,8,17H,7H2,1H3,(H,18,22);3-7,16H,1-2H3;2-5,7-8,16H,6H2,1H3;3-9,16H,1-2H3;2-6,16H,1H3;2-7,15H,1H3;1-4,6-7,15H. The normalized spacial score (nSPS) is 10.7. The minimum absolute atomic E-state index is 0.00523. The van der Waals surface area contributed by atoms with Gasteiger partial charge in [0.2, 0.25) is 40.5 Å². The fourth-order valence-corrected chi connectivity index (χ4v) is 19.5. The number of para-hydroxylation sites is 5. The molecule has 0 spiro atoms. The highest BCUT2D eigenvalue weighted by atomic mass is 32.1. The number of nitrogens with one attached hydrogen (secondary N) is 8. The minimum atomic E-state index is -0.602. The lowest BCUT2D eigenvalue weighted by Gasteiger charge is -2.00. The molecule has 7 aromatic carbocycles. The van der Waals surface area contributed by atoms with Crippen molar-refractivity contribution in [3.05, 3.63) is 358 Å². The van der Waals surface area contributed by atoms with E-state index in [-0.39, 0.29) is 102 Å². The summed E-state index contributed by atoms with van der Waals surface area (Å²) in [6.07, 6.45) is 13.0. The quantitative estimate of drug-likeness (QED) is 0.0158. The van der Waals surface area contributed by atoms with Gasteiger partial charge in [0.05, 0.1) is 106 Å². The molecule has 0 atom stereocenters. The van der Waals surface area contributed by atoms with Crippen molar-refractivity contribution in [1.29, 1.82) is 5.26 Å². The number of ether oxygens (including phenoxy) is 6. The average molecular weight is 2070 g/mol. The van der Waals surface area contributed by atoms with Gasteiger partial charge in [0, 0.05) is 152 Å². The van der Waals surface area contributed by atoms with Crippen LogP contribution in [0, 0.1) is 17.1 Å². The summed E-state index contributed by atoms with van der Waals surface area (Å²) < 4.78 is 41.3. The summed E-state index contributed by atoms with van der Waals surface area (Å²) in [5, 5.41) is 28.5. The van der Waals surface area contributed by atoms with Crippen molar-refractivity contribution in [2.75, 3.05) is 49.2 Å². The first-order chi connectivity index (χ1) is 70.2. The molecule has 8 N–H and O–H groups in total. The van der Waals surface area contributed by atoms with Crippen LogP contribution in [0.5, 0.6) is 5.75 Å². The van der Waals surface area contributed by atoms with Gasteiger partial charge in [0.25, 0.3) is 5.91 Å². The second-order valence-electron chi connectivity index (χ2n) is 30.7.